The zero-order valence-corrected chi connectivity index (χ0v) is 10.2. The second-order valence-corrected chi connectivity index (χ2v) is 4.79. The number of amides is 2. The molecule has 0 bridgehead atoms. The molecule has 0 radical (unpaired) electrons. The first-order valence-corrected chi connectivity index (χ1v) is 6.45. The molecule has 1 saturated carbocycles. The monoisotopic (exact) mass is 236 g/mol. The first kappa shape index (κ1) is 12.2. The van der Waals surface area contributed by atoms with Gasteiger partial charge in [-0.3, -0.25) is 4.90 Å². The van der Waals surface area contributed by atoms with Crippen LogP contribution in [0.5, 0.6) is 0 Å². The van der Waals surface area contributed by atoms with Gasteiger partial charge in [-0.05, 0) is 12.8 Å². The van der Waals surface area contributed by atoms with Gasteiger partial charge in [-0.15, -0.1) is 0 Å². The third-order valence-electron chi connectivity index (χ3n) is 3.72. The molecule has 1 N–H and O–H groups in total. The van der Waals surface area contributed by atoms with Crippen LogP contribution in [0.2, 0.25) is 0 Å². The van der Waals surface area contributed by atoms with Crippen LogP contribution in [0.25, 0.3) is 0 Å². The van der Waals surface area contributed by atoms with E-state index < -0.39 is 0 Å². The lowest BCUT2D eigenvalue weighted by atomic mass is 10.2. The van der Waals surface area contributed by atoms with Crippen molar-refractivity contribution in [2.45, 2.75) is 31.7 Å². The summed E-state index contributed by atoms with van der Waals surface area (Å²) < 4.78 is 0. The lowest BCUT2D eigenvalue weighted by molar-refractivity contribution is 0.184. The smallest absolute Gasteiger partial charge is 0.317 e. The van der Waals surface area contributed by atoms with E-state index in [4.69, 9.17) is 5.26 Å². The van der Waals surface area contributed by atoms with Gasteiger partial charge in [0.2, 0.25) is 0 Å². The van der Waals surface area contributed by atoms with Gasteiger partial charge in [-0.1, -0.05) is 12.8 Å². The van der Waals surface area contributed by atoms with Crippen molar-refractivity contribution in [3.63, 3.8) is 0 Å². The van der Waals surface area contributed by atoms with Gasteiger partial charge in [-0.2, -0.15) is 5.26 Å². The zero-order valence-electron chi connectivity index (χ0n) is 10.2. The molecule has 0 spiro atoms. The molecule has 2 aliphatic rings. The van der Waals surface area contributed by atoms with Gasteiger partial charge in [0.15, 0.2) is 0 Å². The van der Waals surface area contributed by atoms with Gasteiger partial charge in [0, 0.05) is 32.2 Å². The summed E-state index contributed by atoms with van der Waals surface area (Å²) in [4.78, 5) is 15.5. The summed E-state index contributed by atoms with van der Waals surface area (Å²) in [5, 5.41) is 11.7. The van der Waals surface area contributed by atoms with Gasteiger partial charge < -0.3 is 10.2 Å². The molecule has 1 aliphatic heterocycles. The molecule has 2 rings (SSSR count). The SMILES string of the molecule is N#CCN(CCN1CCNC1=O)C1CCCC1. The number of carbonyl (C=O) groups excluding carboxylic acids is 1. The number of nitrogens with one attached hydrogen (secondary N) is 1. The van der Waals surface area contributed by atoms with Gasteiger partial charge in [0.25, 0.3) is 0 Å². The van der Waals surface area contributed by atoms with Crippen molar-refractivity contribution in [3.05, 3.63) is 0 Å². The van der Waals surface area contributed by atoms with E-state index in [1.807, 2.05) is 4.90 Å². The van der Waals surface area contributed by atoms with Crippen molar-refractivity contribution in [1.29, 1.82) is 5.26 Å². The van der Waals surface area contributed by atoms with Crippen molar-refractivity contribution in [2.75, 3.05) is 32.7 Å². The molecule has 2 amide bonds. The molecular formula is C12H20N4O. The quantitative estimate of drug-likeness (QED) is 0.718. The Morgan fingerprint density at radius 3 is 2.82 bits per heavy atom. The molecule has 5 heteroatoms. The largest absolute Gasteiger partial charge is 0.336 e. The number of carbonyl (C=O) groups is 1. The fourth-order valence-corrected chi connectivity index (χ4v) is 2.72. The average Bonchev–Trinajstić information content (AvgIpc) is 2.96. The summed E-state index contributed by atoms with van der Waals surface area (Å²) in [5.74, 6) is 0. The zero-order chi connectivity index (χ0) is 12.1. The number of hydrogen-bond acceptors (Lipinski definition) is 3. The Bertz CT molecular complexity index is 306. The van der Waals surface area contributed by atoms with Crippen molar-refractivity contribution < 1.29 is 4.79 Å². The van der Waals surface area contributed by atoms with Crippen LogP contribution < -0.4 is 5.32 Å². The predicted molar refractivity (Wildman–Crippen MR) is 64.4 cm³/mol. The molecule has 2 fully saturated rings. The lowest BCUT2D eigenvalue weighted by Crippen LogP contribution is -2.41. The standard InChI is InChI=1S/C12H20N4O/c13-5-7-15(11-3-1-2-4-11)9-10-16-8-6-14-12(16)17/h11H,1-4,6-10H2,(H,14,17). The third-order valence-corrected chi connectivity index (χ3v) is 3.72. The average molecular weight is 236 g/mol. The fourth-order valence-electron chi connectivity index (χ4n) is 2.72. The predicted octanol–water partition coefficient (Wildman–Crippen LogP) is 0.780. The fraction of sp³-hybridized carbons (Fsp3) is 0.833. The molecule has 1 saturated heterocycles. The maximum absolute atomic E-state index is 11.4. The van der Waals surface area contributed by atoms with E-state index in [0.29, 0.717) is 12.6 Å². The molecule has 5 nitrogen and oxygen atoms in total. The number of urea groups is 1. The van der Waals surface area contributed by atoms with Crippen LogP contribution in [0.4, 0.5) is 4.79 Å². The highest BCUT2D eigenvalue weighted by molar-refractivity contribution is 5.76. The maximum Gasteiger partial charge on any atom is 0.317 e. The van der Waals surface area contributed by atoms with Crippen LogP contribution in [-0.4, -0.2) is 54.6 Å². The number of rotatable bonds is 5. The molecule has 17 heavy (non-hydrogen) atoms. The van der Waals surface area contributed by atoms with Crippen molar-refractivity contribution >= 4 is 6.03 Å². The molecular weight excluding hydrogens is 216 g/mol. The second kappa shape index (κ2) is 5.87. The third kappa shape index (κ3) is 3.10. The van der Waals surface area contributed by atoms with Crippen molar-refractivity contribution in [3.8, 4) is 6.07 Å². The van der Waals surface area contributed by atoms with Crippen molar-refractivity contribution in [2.24, 2.45) is 0 Å². The molecule has 0 aromatic heterocycles. The maximum atomic E-state index is 11.4. The van der Waals surface area contributed by atoms with E-state index in [1.165, 1.54) is 25.7 Å². The number of nitrogens with zero attached hydrogens (tertiary/aromatic N) is 3. The van der Waals surface area contributed by atoms with E-state index in [2.05, 4.69) is 16.3 Å². The van der Waals surface area contributed by atoms with Crippen LogP contribution >= 0.6 is 0 Å². The van der Waals surface area contributed by atoms with Crippen LogP contribution in [0.15, 0.2) is 0 Å². The molecule has 1 heterocycles. The molecule has 0 unspecified atom stereocenters. The van der Waals surface area contributed by atoms with E-state index in [1.54, 1.807) is 0 Å². The van der Waals surface area contributed by atoms with Gasteiger partial charge >= 0.3 is 6.03 Å². The summed E-state index contributed by atoms with van der Waals surface area (Å²) >= 11 is 0. The van der Waals surface area contributed by atoms with Crippen LogP contribution in [-0.2, 0) is 0 Å². The topological polar surface area (TPSA) is 59.4 Å². The first-order valence-electron chi connectivity index (χ1n) is 6.45. The molecule has 0 atom stereocenters. The Hall–Kier alpha value is -1.28. The highest BCUT2D eigenvalue weighted by atomic mass is 16.2. The number of nitriles is 1. The minimum atomic E-state index is 0.0355. The molecule has 0 aromatic carbocycles. The van der Waals surface area contributed by atoms with E-state index in [-0.39, 0.29) is 6.03 Å². The first-order chi connectivity index (χ1) is 8.31. The van der Waals surface area contributed by atoms with E-state index >= 15 is 0 Å². The normalized spacial score (nSPS) is 20.9. The molecule has 0 aromatic rings. The van der Waals surface area contributed by atoms with Crippen molar-refractivity contribution in [1.82, 2.24) is 15.1 Å². The van der Waals surface area contributed by atoms with Gasteiger partial charge in [-0.25, -0.2) is 4.79 Å². The van der Waals surface area contributed by atoms with Crippen LogP contribution in [0.1, 0.15) is 25.7 Å². The highest BCUT2D eigenvalue weighted by Gasteiger charge is 2.24. The summed E-state index contributed by atoms with van der Waals surface area (Å²) in [6.45, 7) is 3.60. The molecule has 94 valence electrons. The lowest BCUT2D eigenvalue weighted by Gasteiger charge is -2.27. The summed E-state index contributed by atoms with van der Waals surface area (Å²) in [6, 6.07) is 2.83. The summed E-state index contributed by atoms with van der Waals surface area (Å²) in [7, 11) is 0. The summed E-state index contributed by atoms with van der Waals surface area (Å²) in [5.41, 5.74) is 0. The van der Waals surface area contributed by atoms with Crippen LogP contribution in [0.3, 0.4) is 0 Å². The Kier molecular flexibility index (Phi) is 4.21. The minimum absolute atomic E-state index is 0.0355. The molecule has 1 aliphatic carbocycles. The Morgan fingerprint density at radius 1 is 1.47 bits per heavy atom. The second-order valence-electron chi connectivity index (χ2n) is 4.79. The Morgan fingerprint density at radius 2 is 2.24 bits per heavy atom. The number of hydrogen-bond donors (Lipinski definition) is 1. The van der Waals surface area contributed by atoms with E-state index in [9.17, 15) is 4.79 Å². The van der Waals surface area contributed by atoms with E-state index in [0.717, 1.165) is 26.2 Å². The van der Waals surface area contributed by atoms with Gasteiger partial charge in [0.05, 0.1) is 12.6 Å². The minimum Gasteiger partial charge on any atom is -0.336 e. The Labute approximate surface area is 102 Å². The van der Waals surface area contributed by atoms with Gasteiger partial charge in [0.1, 0.15) is 0 Å². The van der Waals surface area contributed by atoms with Crippen LogP contribution in [0, 0.1) is 11.3 Å². The Balaban J connectivity index is 1.80. The summed E-state index contributed by atoms with van der Waals surface area (Å²) in [6.07, 6.45) is 4.95. The highest BCUT2D eigenvalue weighted by Crippen LogP contribution is 2.23.